The molecule has 6 aromatic rings. The third-order valence-corrected chi connectivity index (χ3v) is 10.3. The Morgan fingerprint density at radius 1 is 0.688 bits per heavy atom. The molecule has 0 saturated heterocycles. The van der Waals surface area contributed by atoms with Gasteiger partial charge in [-0.2, -0.15) is 13.2 Å². The highest BCUT2D eigenvalue weighted by molar-refractivity contribution is 6.21. The van der Waals surface area contributed by atoms with Crippen LogP contribution in [-0.2, 0) is 5.41 Å². The Hall–Kier alpha value is -5.41. The molecule has 234 valence electrons. The second-order valence-electron chi connectivity index (χ2n) is 13.1. The summed E-state index contributed by atoms with van der Waals surface area (Å²) in [7, 11) is 0. The molecular weight excluding hydrogens is 597 g/mol. The van der Waals surface area contributed by atoms with Gasteiger partial charge in [-0.3, -0.25) is 0 Å². The van der Waals surface area contributed by atoms with Crippen LogP contribution in [0.1, 0.15) is 46.7 Å². The van der Waals surface area contributed by atoms with Crippen LogP contribution in [0.2, 0.25) is 0 Å². The monoisotopic (exact) mass is 630 g/mol. The maximum Gasteiger partial charge on any atom is 0.415 e. The summed E-state index contributed by atoms with van der Waals surface area (Å²) in [5.74, 6) is 0. The van der Waals surface area contributed by atoms with E-state index in [-0.39, 0.29) is 0 Å². The lowest BCUT2D eigenvalue weighted by Gasteiger charge is -2.36. The first-order chi connectivity index (χ1) is 23.2. The number of fused-ring (bicyclic) bond motifs is 4. The van der Waals surface area contributed by atoms with Gasteiger partial charge in [0.15, 0.2) is 0 Å². The molecule has 1 atom stereocenters. The predicted molar refractivity (Wildman–Crippen MR) is 194 cm³/mol. The van der Waals surface area contributed by atoms with Crippen LogP contribution in [0.15, 0.2) is 146 Å². The van der Waals surface area contributed by atoms with Crippen LogP contribution in [0.25, 0.3) is 55.8 Å². The number of aryl methyl sites for hydroxylation is 1. The number of rotatable bonds is 5. The van der Waals surface area contributed by atoms with E-state index in [9.17, 15) is 13.2 Å². The first kappa shape index (κ1) is 30.0. The van der Waals surface area contributed by atoms with E-state index in [0.717, 1.165) is 29.2 Å². The van der Waals surface area contributed by atoms with Crippen molar-refractivity contribution >= 4 is 22.4 Å². The number of alkyl halides is 3. The summed E-state index contributed by atoms with van der Waals surface area (Å²) in [6.07, 6.45) is 1.30. The van der Waals surface area contributed by atoms with E-state index in [1.807, 2.05) is 13.0 Å². The second kappa shape index (κ2) is 11.1. The average Bonchev–Trinajstić information content (AvgIpc) is 3.43. The van der Waals surface area contributed by atoms with Crippen molar-refractivity contribution in [1.82, 2.24) is 0 Å². The number of allylic oxidation sites excluding steroid dienone is 3. The van der Waals surface area contributed by atoms with Gasteiger partial charge in [-0.05, 0) is 96.5 Å². The average molecular weight is 631 g/mol. The largest absolute Gasteiger partial charge is 0.415 e. The van der Waals surface area contributed by atoms with E-state index in [2.05, 4.69) is 135 Å². The topological polar surface area (TPSA) is 0 Å². The summed E-state index contributed by atoms with van der Waals surface area (Å²) < 4.78 is 39.7. The summed E-state index contributed by atoms with van der Waals surface area (Å²) in [6, 6.07) is 43.0. The maximum atomic E-state index is 13.2. The Morgan fingerprint density at radius 3 is 1.92 bits per heavy atom. The van der Waals surface area contributed by atoms with E-state index in [0.29, 0.717) is 0 Å². The highest BCUT2D eigenvalue weighted by Gasteiger charge is 2.41. The fraction of sp³-hybridized carbons (Fsp3) is 0.111. The van der Waals surface area contributed by atoms with Gasteiger partial charge in [0.1, 0.15) is 0 Å². The normalized spacial score (nSPS) is 16.6. The van der Waals surface area contributed by atoms with E-state index in [1.54, 1.807) is 0 Å². The number of halogens is 3. The lowest BCUT2D eigenvalue weighted by atomic mass is 9.67. The molecule has 6 aromatic carbocycles. The molecule has 0 amide bonds. The quantitative estimate of drug-likeness (QED) is 0.166. The molecule has 0 aromatic heterocycles. The summed E-state index contributed by atoms with van der Waals surface area (Å²) in [5, 5.41) is 2.44. The SMILES string of the molecule is C=C(/C=C\c1cc(C2(C)CC=C3c4c(cccc42)-c2c3c(-c3ccccc3)c3ccccc3c2-c2ccccc2)ccc1C)C(F)(F)F. The Morgan fingerprint density at radius 2 is 1.29 bits per heavy atom. The smallest absolute Gasteiger partial charge is 0.166 e. The van der Waals surface area contributed by atoms with Gasteiger partial charge in [0.2, 0.25) is 0 Å². The minimum absolute atomic E-state index is 0.395. The summed E-state index contributed by atoms with van der Waals surface area (Å²) in [6.45, 7) is 7.42. The van der Waals surface area contributed by atoms with Crippen LogP contribution in [0, 0.1) is 6.92 Å². The third kappa shape index (κ3) is 4.60. The lowest BCUT2D eigenvalue weighted by Crippen LogP contribution is -2.27. The molecule has 3 heteroatoms. The van der Waals surface area contributed by atoms with Gasteiger partial charge in [-0.1, -0.05) is 153 Å². The van der Waals surface area contributed by atoms with E-state index in [1.165, 1.54) is 72.5 Å². The number of benzene rings is 6. The van der Waals surface area contributed by atoms with Gasteiger partial charge < -0.3 is 0 Å². The Labute approximate surface area is 279 Å². The van der Waals surface area contributed by atoms with E-state index < -0.39 is 17.2 Å². The minimum atomic E-state index is -4.46. The standard InChI is InChI=1S/C45H33F3/c1-28-21-24-33(27-32(28)23-22-29(2)45(46,47)48)44(3)26-25-37-41-36(19-12-20-38(41)44)42-39(30-13-6-4-7-14-30)34-17-10-11-18-35(34)40(43(37)42)31-15-8-5-9-16-31/h4-25,27H,2,26H2,1,3H3/b23-22-. The van der Waals surface area contributed by atoms with Crippen LogP contribution in [0.4, 0.5) is 13.2 Å². The van der Waals surface area contributed by atoms with Crippen LogP contribution < -0.4 is 0 Å². The minimum Gasteiger partial charge on any atom is -0.166 e. The van der Waals surface area contributed by atoms with Crippen molar-refractivity contribution in [2.45, 2.75) is 31.9 Å². The van der Waals surface area contributed by atoms with Gasteiger partial charge in [-0.25, -0.2) is 0 Å². The van der Waals surface area contributed by atoms with Crippen molar-refractivity contribution in [1.29, 1.82) is 0 Å². The van der Waals surface area contributed by atoms with Crippen LogP contribution in [0.3, 0.4) is 0 Å². The van der Waals surface area contributed by atoms with Gasteiger partial charge in [-0.15, -0.1) is 0 Å². The van der Waals surface area contributed by atoms with Crippen molar-refractivity contribution < 1.29 is 13.2 Å². The van der Waals surface area contributed by atoms with Crippen molar-refractivity contribution in [3.05, 3.63) is 179 Å². The molecule has 0 saturated carbocycles. The molecule has 0 heterocycles. The zero-order valence-electron chi connectivity index (χ0n) is 26.8. The molecule has 0 N–H and O–H groups in total. The second-order valence-corrected chi connectivity index (χ2v) is 13.1. The molecule has 0 spiro atoms. The third-order valence-electron chi connectivity index (χ3n) is 10.3. The zero-order valence-corrected chi connectivity index (χ0v) is 26.8. The van der Waals surface area contributed by atoms with Crippen LogP contribution in [0.5, 0.6) is 0 Å². The molecule has 2 aliphatic rings. The summed E-state index contributed by atoms with van der Waals surface area (Å²) in [5.41, 5.74) is 13.8. The molecular formula is C45H33F3. The Bertz CT molecular complexity index is 2320. The van der Waals surface area contributed by atoms with Crippen molar-refractivity contribution in [2.24, 2.45) is 0 Å². The molecule has 0 fully saturated rings. The van der Waals surface area contributed by atoms with E-state index in [4.69, 9.17) is 0 Å². The highest BCUT2D eigenvalue weighted by Crippen LogP contribution is 2.60. The van der Waals surface area contributed by atoms with Gasteiger partial charge in [0.05, 0.1) is 0 Å². The molecule has 48 heavy (non-hydrogen) atoms. The number of hydrogen-bond donors (Lipinski definition) is 0. The first-order valence-electron chi connectivity index (χ1n) is 16.3. The molecule has 0 nitrogen and oxygen atoms in total. The van der Waals surface area contributed by atoms with Gasteiger partial charge >= 0.3 is 6.18 Å². The fourth-order valence-corrected chi connectivity index (χ4v) is 7.76. The van der Waals surface area contributed by atoms with Crippen molar-refractivity contribution in [2.75, 3.05) is 0 Å². The van der Waals surface area contributed by atoms with Gasteiger partial charge in [0, 0.05) is 11.0 Å². The van der Waals surface area contributed by atoms with Crippen LogP contribution in [-0.4, -0.2) is 6.18 Å². The molecule has 0 bridgehead atoms. The van der Waals surface area contributed by atoms with Crippen LogP contribution >= 0.6 is 0 Å². The molecule has 0 aliphatic heterocycles. The lowest BCUT2D eigenvalue weighted by molar-refractivity contribution is -0.0877. The Balaban J connectivity index is 1.39. The van der Waals surface area contributed by atoms with Crippen molar-refractivity contribution in [3.63, 3.8) is 0 Å². The molecule has 1 unspecified atom stereocenters. The fourth-order valence-electron chi connectivity index (χ4n) is 7.76. The molecule has 8 rings (SSSR count). The predicted octanol–water partition coefficient (Wildman–Crippen LogP) is 12.7. The molecule has 2 aliphatic carbocycles. The summed E-state index contributed by atoms with van der Waals surface area (Å²) >= 11 is 0. The molecule has 0 radical (unpaired) electrons. The first-order valence-corrected chi connectivity index (χ1v) is 16.3. The zero-order chi connectivity index (χ0) is 33.2. The van der Waals surface area contributed by atoms with E-state index >= 15 is 0 Å². The maximum absolute atomic E-state index is 13.2. The number of hydrogen-bond acceptors (Lipinski definition) is 0. The summed E-state index contributed by atoms with van der Waals surface area (Å²) in [4.78, 5) is 0. The Kier molecular flexibility index (Phi) is 6.92. The highest BCUT2D eigenvalue weighted by atomic mass is 19.4. The van der Waals surface area contributed by atoms with Crippen molar-refractivity contribution in [3.8, 4) is 33.4 Å². The van der Waals surface area contributed by atoms with Gasteiger partial charge in [0.25, 0.3) is 0 Å².